The highest BCUT2D eigenvalue weighted by Gasteiger charge is 2.17. The number of carbonyl (C=O) groups is 2. The molecule has 1 aromatic heterocycles. The Morgan fingerprint density at radius 2 is 1.83 bits per heavy atom. The summed E-state index contributed by atoms with van der Waals surface area (Å²) in [5, 5.41) is 5.43. The molecule has 2 amide bonds. The Bertz CT molecular complexity index is 433. The molecule has 7 heteroatoms. The number of hydrogen-bond donors (Lipinski definition) is 2. The van der Waals surface area contributed by atoms with E-state index in [2.05, 4.69) is 20.6 Å². The summed E-state index contributed by atoms with van der Waals surface area (Å²) in [6, 6.07) is -0.621. The molecule has 0 bridgehead atoms. The third kappa shape index (κ3) is 4.29. The van der Waals surface area contributed by atoms with Crippen molar-refractivity contribution in [2.24, 2.45) is 0 Å². The third-order valence-corrected chi connectivity index (χ3v) is 2.22. The average molecular weight is 271 g/mol. The molecule has 1 rings (SSSR count). The lowest BCUT2D eigenvalue weighted by atomic mass is 10.2. The van der Waals surface area contributed by atoms with Gasteiger partial charge in [-0.2, -0.15) is 0 Å². The zero-order chi connectivity index (χ0) is 13.7. The minimum Gasteiger partial charge on any atom is -0.352 e. The van der Waals surface area contributed by atoms with Crippen molar-refractivity contribution < 1.29 is 9.59 Å². The molecule has 0 saturated carbocycles. The first-order chi connectivity index (χ1) is 8.40. The first kappa shape index (κ1) is 14.4. The van der Waals surface area contributed by atoms with Gasteiger partial charge in [-0.05, 0) is 20.8 Å². The fourth-order valence-corrected chi connectivity index (χ4v) is 1.27. The largest absolute Gasteiger partial charge is 0.352 e. The van der Waals surface area contributed by atoms with Gasteiger partial charge in [-0.15, -0.1) is 0 Å². The Kier molecular flexibility index (Phi) is 5.03. The molecular weight excluding hydrogens is 256 g/mol. The van der Waals surface area contributed by atoms with Gasteiger partial charge in [-0.25, -0.2) is 9.97 Å². The topological polar surface area (TPSA) is 84.0 Å². The normalized spacial score (nSPS) is 12.1. The molecule has 0 radical (unpaired) electrons. The van der Waals surface area contributed by atoms with E-state index < -0.39 is 11.9 Å². The second-order valence-electron chi connectivity index (χ2n) is 4.08. The van der Waals surface area contributed by atoms with E-state index in [9.17, 15) is 9.59 Å². The number of rotatable bonds is 4. The maximum absolute atomic E-state index is 11.7. The molecule has 0 aromatic carbocycles. The fraction of sp³-hybridized carbons (Fsp3) is 0.455. The highest BCUT2D eigenvalue weighted by molar-refractivity contribution is 6.29. The van der Waals surface area contributed by atoms with E-state index in [1.807, 2.05) is 13.8 Å². The van der Waals surface area contributed by atoms with Crippen molar-refractivity contribution >= 4 is 23.4 Å². The second kappa shape index (κ2) is 6.30. The van der Waals surface area contributed by atoms with Gasteiger partial charge in [-0.3, -0.25) is 9.59 Å². The van der Waals surface area contributed by atoms with Crippen molar-refractivity contribution in [1.29, 1.82) is 0 Å². The molecule has 1 aromatic rings. The van der Waals surface area contributed by atoms with E-state index in [1.54, 1.807) is 6.92 Å². The van der Waals surface area contributed by atoms with Crippen LogP contribution in [-0.2, 0) is 4.79 Å². The number of hydrogen-bond acceptors (Lipinski definition) is 4. The zero-order valence-corrected chi connectivity index (χ0v) is 11.2. The lowest BCUT2D eigenvalue weighted by Gasteiger charge is -2.15. The van der Waals surface area contributed by atoms with Gasteiger partial charge < -0.3 is 10.6 Å². The van der Waals surface area contributed by atoms with Crippen LogP contribution in [0, 0.1) is 0 Å². The number of aromatic nitrogens is 2. The Labute approximate surface area is 110 Å². The number of nitrogens with zero attached hydrogens (tertiary/aromatic N) is 2. The lowest BCUT2D eigenvalue weighted by molar-refractivity contribution is -0.123. The fourth-order valence-electron chi connectivity index (χ4n) is 1.18. The number of nitrogens with one attached hydrogen (secondary N) is 2. The Morgan fingerprint density at radius 1 is 1.17 bits per heavy atom. The summed E-state index contributed by atoms with van der Waals surface area (Å²) >= 11 is 5.56. The summed E-state index contributed by atoms with van der Waals surface area (Å²) in [6.07, 6.45) is 2.53. The van der Waals surface area contributed by atoms with Gasteiger partial charge in [0.15, 0.2) is 0 Å². The third-order valence-electron chi connectivity index (χ3n) is 2.02. The first-order valence-corrected chi connectivity index (χ1v) is 5.86. The molecule has 98 valence electrons. The summed E-state index contributed by atoms with van der Waals surface area (Å²) in [5.41, 5.74) is 0.114. The number of amides is 2. The molecule has 0 aliphatic carbocycles. The Morgan fingerprint density at radius 3 is 2.33 bits per heavy atom. The van der Waals surface area contributed by atoms with Gasteiger partial charge in [0.2, 0.25) is 5.91 Å². The SMILES string of the molecule is CC(C)NC(=O)C(C)NC(=O)c1cnc(Cl)cn1. The van der Waals surface area contributed by atoms with Crippen molar-refractivity contribution in [1.82, 2.24) is 20.6 Å². The first-order valence-electron chi connectivity index (χ1n) is 5.49. The summed E-state index contributed by atoms with van der Waals surface area (Å²) in [6.45, 7) is 5.28. The van der Waals surface area contributed by atoms with E-state index in [-0.39, 0.29) is 22.8 Å². The minimum absolute atomic E-state index is 0.0205. The van der Waals surface area contributed by atoms with Gasteiger partial charge in [-0.1, -0.05) is 11.6 Å². The van der Waals surface area contributed by atoms with E-state index in [4.69, 9.17) is 11.6 Å². The van der Waals surface area contributed by atoms with Crippen molar-refractivity contribution in [3.05, 3.63) is 23.2 Å². The van der Waals surface area contributed by atoms with Gasteiger partial charge >= 0.3 is 0 Å². The minimum atomic E-state index is -0.641. The van der Waals surface area contributed by atoms with Crippen molar-refractivity contribution in [3.8, 4) is 0 Å². The molecule has 0 spiro atoms. The van der Waals surface area contributed by atoms with Crippen LogP contribution in [-0.4, -0.2) is 33.9 Å². The molecule has 1 unspecified atom stereocenters. The highest BCUT2D eigenvalue weighted by atomic mass is 35.5. The van der Waals surface area contributed by atoms with E-state index in [0.29, 0.717) is 0 Å². The van der Waals surface area contributed by atoms with Crippen LogP contribution in [0.5, 0.6) is 0 Å². The van der Waals surface area contributed by atoms with Crippen LogP contribution in [0.15, 0.2) is 12.4 Å². The van der Waals surface area contributed by atoms with Crippen molar-refractivity contribution in [2.75, 3.05) is 0 Å². The van der Waals surface area contributed by atoms with Gasteiger partial charge in [0.1, 0.15) is 16.9 Å². The standard InChI is InChI=1S/C11H15ClN4O2/c1-6(2)15-10(17)7(3)16-11(18)8-4-14-9(12)5-13-8/h4-7H,1-3H3,(H,15,17)(H,16,18). The van der Waals surface area contributed by atoms with E-state index in [1.165, 1.54) is 12.4 Å². The highest BCUT2D eigenvalue weighted by Crippen LogP contribution is 2.01. The maximum Gasteiger partial charge on any atom is 0.272 e. The van der Waals surface area contributed by atoms with E-state index in [0.717, 1.165) is 0 Å². The molecule has 1 heterocycles. The summed E-state index contributed by atoms with van der Waals surface area (Å²) in [7, 11) is 0. The molecular formula is C11H15ClN4O2. The molecule has 2 N–H and O–H groups in total. The summed E-state index contributed by atoms with van der Waals surface area (Å²) < 4.78 is 0. The van der Waals surface area contributed by atoms with Crippen molar-refractivity contribution in [3.63, 3.8) is 0 Å². The van der Waals surface area contributed by atoms with Gasteiger partial charge in [0.05, 0.1) is 12.4 Å². The van der Waals surface area contributed by atoms with E-state index >= 15 is 0 Å². The second-order valence-corrected chi connectivity index (χ2v) is 4.47. The smallest absolute Gasteiger partial charge is 0.272 e. The molecule has 0 saturated heterocycles. The summed E-state index contributed by atoms with van der Waals surface area (Å²) in [5.74, 6) is -0.717. The zero-order valence-electron chi connectivity index (χ0n) is 10.4. The van der Waals surface area contributed by atoms with Crippen LogP contribution in [0.25, 0.3) is 0 Å². The molecule has 18 heavy (non-hydrogen) atoms. The molecule has 1 atom stereocenters. The Hall–Kier alpha value is -1.69. The predicted octanol–water partition coefficient (Wildman–Crippen LogP) is 0.773. The van der Waals surface area contributed by atoms with Crippen LogP contribution in [0.1, 0.15) is 31.3 Å². The number of carbonyl (C=O) groups excluding carboxylic acids is 2. The Balaban J connectivity index is 2.59. The van der Waals surface area contributed by atoms with Crippen LogP contribution in [0.4, 0.5) is 0 Å². The molecule has 0 aliphatic heterocycles. The quantitative estimate of drug-likeness (QED) is 0.847. The van der Waals surface area contributed by atoms with Crippen LogP contribution < -0.4 is 10.6 Å². The monoisotopic (exact) mass is 270 g/mol. The molecule has 6 nitrogen and oxygen atoms in total. The van der Waals surface area contributed by atoms with Crippen LogP contribution in [0.3, 0.4) is 0 Å². The number of halogens is 1. The van der Waals surface area contributed by atoms with Gasteiger partial charge in [0, 0.05) is 6.04 Å². The molecule has 0 fully saturated rings. The van der Waals surface area contributed by atoms with Gasteiger partial charge in [0.25, 0.3) is 5.91 Å². The maximum atomic E-state index is 11.7. The molecule has 0 aliphatic rings. The van der Waals surface area contributed by atoms with Crippen molar-refractivity contribution in [2.45, 2.75) is 32.9 Å². The van der Waals surface area contributed by atoms with Crippen LogP contribution >= 0.6 is 11.6 Å². The summed E-state index contributed by atoms with van der Waals surface area (Å²) in [4.78, 5) is 30.9. The average Bonchev–Trinajstić information content (AvgIpc) is 2.28. The predicted molar refractivity (Wildman–Crippen MR) is 67.2 cm³/mol. The lowest BCUT2D eigenvalue weighted by Crippen LogP contribution is -2.46. The van der Waals surface area contributed by atoms with Crippen LogP contribution in [0.2, 0.25) is 5.15 Å².